The van der Waals surface area contributed by atoms with Crippen molar-refractivity contribution in [1.82, 2.24) is 15.5 Å². The molecule has 2 N–H and O–H groups in total. The Bertz CT molecular complexity index is 171. The summed E-state index contributed by atoms with van der Waals surface area (Å²) >= 11 is 0. The summed E-state index contributed by atoms with van der Waals surface area (Å²) in [5.74, 6) is 0.839. The number of guanidine groups is 1. The molecule has 0 atom stereocenters. The normalized spacial score (nSPS) is 11.9. The van der Waals surface area contributed by atoms with E-state index in [1.165, 1.54) is 0 Å². The average Bonchev–Trinajstić information content (AvgIpc) is 2.21. The van der Waals surface area contributed by atoms with Crippen molar-refractivity contribution in [2.45, 2.75) is 6.42 Å². The van der Waals surface area contributed by atoms with Crippen LogP contribution in [0.5, 0.6) is 0 Å². The highest BCUT2D eigenvalue weighted by Gasteiger charge is 1.96. The van der Waals surface area contributed by atoms with E-state index in [4.69, 9.17) is 4.74 Å². The summed E-state index contributed by atoms with van der Waals surface area (Å²) in [5.41, 5.74) is 0. The van der Waals surface area contributed by atoms with E-state index in [-0.39, 0.29) is 0 Å². The minimum absolute atomic E-state index is 0.693. The van der Waals surface area contributed by atoms with E-state index >= 15 is 0 Å². The predicted molar refractivity (Wildman–Crippen MR) is 64.4 cm³/mol. The number of nitrogens with zero attached hydrogens (tertiary/aromatic N) is 2. The Labute approximate surface area is 92.9 Å². The molecular formula is C10H24N4O. The summed E-state index contributed by atoms with van der Waals surface area (Å²) in [6, 6.07) is 0. The van der Waals surface area contributed by atoms with E-state index in [0.29, 0.717) is 6.61 Å². The Morgan fingerprint density at radius 3 is 2.47 bits per heavy atom. The van der Waals surface area contributed by atoms with Gasteiger partial charge in [0.05, 0.1) is 6.61 Å². The smallest absolute Gasteiger partial charge is 0.191 e. The van der Waals surface area contributed by atoms with Crippen LogP contribution >= 0.6 is 0 Å². The molecular weight excluding hydrogens is 192 g/mol. The van der Waals surface area contributed by atoms with Gasteiger partial charge in [-0.25, -0.2) is 0 Å². The summed E-state index contributed by atoms with van der Waals surface area (Å²) in [4.78, 5) is 6.27. The van der Waals surface area contributed by atoms with Gasteiger partial charge in [-0.1, -0.05) is 0 Å². The maximum atomic E-state index is 4.94. The molecule has 0 aliphatic rings. The van der Waals surface area contributed by atoms with Crippen molar-refractivity contribution in [2.75, 3.05) is 54.5 Å². The lowest BCUT2D eigenvalue weighted by Gasteiger charge is -2.13. The van der Waals surface area contributed by atoms with Crippen LogP contribution in [0, 0.1) is 0 Å². The van der Waals surface area contributed by atoms with Crippen molar-refractivity contribution in [2.24, 2.45) is 4.99 Å². The fourth-order valence-electron chi connectivity index (χ4n) is 1.09. The zero-order chi connectivity index (χ0) is 11.5. The van der Waals surface area contributed by atoms with Crippen LogP contribution < -0.4 is 10.6 Å². The van der Waals surface area contributed by atoms with Gasteiger partial charge in [-0.15, -0.1) is 0 Å². The van der Waals surface area contributed by atoms with Gasteiger partial charge in [-0.05, 0) is 27.1 Å². The van der Waals surface area contributed by atoms with Gasteiger partial charge in [0.2, 0.25) is 0 Å². The third-order valence-corrected chi connectivity index (χ3v) is 1.90. The monoisotopic (exact) mass is 216 g/mol. The molecule has 0 fully saturated rings. The first-order valence-electron chi connectivity index (χ1n) is 5.29. The Kier molecular flexibility index (Phi) is 9.21. The van der Waals surface area contributed by atoms with Crippen LogP contribution in [0.1, 0.15) is 6.42 Å². The van der Waals surface area contributed by atoms with Crippen LogP contribution in [0.15, 0.2) is 4.99 Å². The van der Waals surface area contributed by atoms with E-state index in [9.17, 15) is 0 Å². The molecule has 0 aromatic carbocycles. The van der Waals surface area contributed by atoms with Gasteiger partial charge in [-0.3, -0.25) is 4.99 Å². The maximum Gasteiger partial charge on any atom is 0.191 e. The van der Waals surface area contributed by atoms with Crippen LogP contribution in [0.25, 0.3) is 0 Å². The molecule has 0 aliphatic carbocycles. The summed E-state index contributed by atoms with van der Waals surface area (Å²) in [6.07, 6.45) is 1.11. The van der Waals surface area contributed by atoms with Crippen LogP contribution in [0.4, 0.5) is 0 Å². The van der Waals surface area contributed by atoms with E-state index in [0.717, 1.165) is 32.0 Å². The third kappa shape index (κ3) is 9.49. The minimum atomic E-state index is 0.693. The molecule has 0 bridgehead atoms. The average molecular weight is 216 g/mol. The number of hydrogen-bond acceptors (Lipinski definition) is 3. The first kappa shape index (κ1) is 14.2. The molecule has 0 unspecified atom stereocenters. The second-order valence-electron chi connectivity index (χ2n) is 3.58. The molecule has 0 radical (unpaired) electrons. The third-order valence-electron chi connectivity index (χ3n) is 1.90. The van der Waals surface area contributed by atoms with E-state index in [2.05, 4.69) is 34.6 Å². The maximum absolute atomic E-state index is 4.94. The Hall–Kier alpha value is -0.810. The number of rotatable bonds is 7. The number of nitrogens with one attached hydrogen (secondary N) is 2. The number of aliphatic imine (C=N–C) groups is 1. The molecule has 0 spiro atoms. The van der Waals surface area contributed by atoms with Crippen molar-refractivity contribution in [3.8, 4) is 0 Å². The fraction of sp³-hybridized carbons (Fsp3) is 0.900. The van der Waals surface area contributed by atoms with Crippen molar-refractivity contribution in [1.29, 1.82) is 0 Å². The van der Waals surface area contributed by atoms with Gasteiger partial charge in [0, 0.05) is 27.2 Å². The SMILES string of the molecule is CN=C(NCCCN(C)C)NCCOC. The van der Waals surface area contributed by atoms with Crippen LogP contribution in [-0.2, 0) is 4.74 Å². The molecule has 0 amide bonds. The number of methoxy groups -OCH3 is 1. The Balaban J connectivity index is 3.45. The summed E-state index contributed by atoms with van der Waals surface area (Å²) in [7, 11) is 7.61. The lowest BCUT2D eigenvalue weighted by atomic mass is 10.4. The Morgan fingerprint density at radius 2 is 1.93 bits per heavy atom. The van der Waals surface area contributed by atoms with Crippen molar-refractivity contribution in [3.05, 3.63) is 0 Å². The molecule has 0 aromatic heterocycles. The van der Waals surface area contributed by atoms with Crippen LogP contribution in [-0.4, -0.2) is 65.4 Å². The number of hydrogen-bond donors (Lipinski definition) is 2. The molecule has 0 heterocycles. The minimum Gasteiger partial charge on any atom is -0.383 e. The molecule has 0 aliphatic heterocycles. The highest BCUT2D eigenvalue weighted by molar-refractivity contribution is 5.79. The summed E-state index contributed by atoms with van der Waals surface area (Å²) in [5, 5.41) is 6.40. The first-order valence-corrected chi connectivity index (χ1v) is 5.29. The van der Waals surface area contributed by atoms with Crippen LogP contribution in [0.3, 0.4) is 0 Å². The van der Waals surface area contributed by atoms with E-state index in [1.54, 1.807) is 14.2 Å². The van der Waals surface area contributed by atoms with Crippen molar-refractivity contribution >= 4 is 5.96 Å². The van der Waals surface area contributed by atoms with Gasteiger partial charge in [0.25, 0.3) is 0 Å². The topological polar surface area (TPSA) is 48.9 Å². The van der Waals surface area contributed by atoms with Gasteiger partial charge in [-0.2, -0.15) is 0 Å². The molecule has 5 heteroatoms. The van der Waals surface area contributed by atoms with Gasteiger partial charge in [0.15, 0.2) is 5.96 Å². The summed E-state index contributed by atoms with van der Waals surface area (Å²) < 4.78 is 4.94. The zero-order valence-electron chi connectivity index (χ0n) is 10.3. The van der Waals surface area contributed by atoms with E-state index < -0.39 is 0 Å². The fourth-order valence-corrected chi connectivity index (χ4v) is 1.09. The Morgan fingerprint density at radius 1 is 1.27 bits per heavy atom. The van der Waals surface area contributed by atoms with Crippen LogP contribution in [0.2, 0.25) is 0 Å². The standard InChI is InChI=1S/C10H24N4O/c1-11-10(13-7-9-15-4)12-6-5-8-14(2)3/h5-9H2,1-4H3,(H2,11,12,13). The highest BCUT2D eigenvalue weighted by Crippen LogP contribution is 1.80. The molecule has 0 aromatic rings. The molecule has 90 valence electrons. The molecule has 0 saturated heterocycles. The second-order valence-corrected chi connectivity index (χ2v) is 3.58. The molecule has 0 rings (SSSR count). The first-order chi connectivity index (χ1) is 7.20. The largest absolute Gasteiger partial charge is 0.383 e. The van der Waals surface area contributed by atoms with Gasteiger partial charge >= 0.3 is 0 Å². The predicted octanol–water partition coefficient (Wildman–Crippen LogP) is -0.250. The second kappa shape index (κ2) is 9.73. The van der Waals surface area contributed by atoms with Crippen molar-refractivity contribution in [3.63, 3.8) is 0 Å². The lowest BCUT2D eigenvalue weighted by Crippen LogP contribution is -2.39. The number of ether oxygens (including phenoxy) is 1. The molecule has 5 nitrogen and oxygen atoms in total. The van der Waals surface area contributed by atoms with Gasteiger partial charge < -0.3 is 20.3 Å². The highest BCUT2D eigenvalue weighted by atomic mass is 16.5. The van der Waals surface area contributed by atoms with Gasteiger partial charge in [0.1, 0.15) is 0 Å². The zero-order valence-corrected chi connectivity index (χ0v) is 10.3. The molecule has 0 saturated carbocycles. The van der Waals surface area contributed by atoms with Crippen molar-refractivity contribution < 1.29 is 4.74 Å². The lowest BCUT2D eigenvalue weighted by molar-refractivity contribution is 0.203. The summed E-state index contributed by atoms with van der Waals surface area (Å²) in [6.45, 7) is 3.50. The quantitative estimate of drug-likeness (QED) is 0.350. The molecule has 15 heavy (non-hydrogen) atoms. The van der Waals surface area contributed by atoms with E-state index in [1.807, 2.05) is 0 Å².